The van der Waals surface area contributed by atoms with Crippen molar-refractivity contribution < 1.29 is 28.2 Å². The van der Waals surface area contributed by atoms with Gasteiger partial charge in [0, 0.05) is 12.8 Å². The SMILES string of the molecule is CS(=O)(=O)c1ccc(C(O)C(O)CCNC(=O)OCc2ccccc2)cc1. The van der Waals surface area contributed by atoms with E-state index in [1.54, 1.807) is 0 Å². The standard InChI is InChI=1S/C19H23NO6S/c1-27(24,25)16-9-7-15(8-10-16)18(22)17(21)11-12-20-19(23)26-13-14-5-3-2-4-6-14/h2-10,17-18,21-22H,11-13H2,1H3,(H,20,23). The van der Waals surface area contributed by atoms with E-state index in [1.807, 2.05) is 30.3 Å². The Morgan fingerprint density at radius 1 is 1.07 bits per heavy atom. The number of aliphatic hydroxyl groups excluding tert-OH is 2. The number of carbonyl (C=O) groups excluding carboxylic acids is 1. The van der Waals surface area contributed by atoms with E-state index >= 15 is 0 Å². The second kappa shape index (κ2) is 9.50. The maximum Gasteiger partial charge on any atom is 0.407 e. The van der Waals surface area contributed by atoms with Crippen molar-refractivity contribution in [3.05, 3.63) is 65.7 Å². The highest BCUT2D eigenvalue weighted by Crippen LogP contribution is 2.20. The quantitative estimate of drug-likeness (QED) is 0.630. The van der Waals surface area contributed by atoms with Crippen LogP contribution in [0.4, 0.5) is 4.79 Å². The molecule has 1 amide bonds. The molecule has 0 aliphatic heterocycles. The number of nitrogens with one attached hydrogen (secondary N) is 1. The average Bonchev–Trinajstić information content (AvgIpc) is 2.66. The Balaban J connectivity index is 1.76. The van der Waals surface area contributed by atoms with Gasteiger partial charge in [-0.15, -0.1) is 0 Å². The van der Waals surface area contributed by atoms with Crippen LogP contribution in [0, 0.1) is 0 Å². The zero-order chi connectivity index (χ0) is 19.9. The minimum atomic E-state index is -3.32. The first-order chi connectivity index (χ1) is 12.8. The number of benzene rings is 2. The molecule has 0 aromatic heterocycles. The first-order valence-electron chi connectivity index (χ1n) is 8.38. The van der Waals surface area contributed by atoms with Gasteiger partial charge in [0.25, 0.3) is 0 Å². The fourth-order valence-corrected chi connectivity index (χ4v) is 3.02. The Hall–Kier alpha value is -2.42. The third kappa shape index (κ3) is 6.67. The van der Waals surface area contributed by atoms with Crippen molar-refractivity contribution in [1.29, 1.82) is 0 Å². The molecule has 2 unspecified atom stereocenters. The maximum absolute atomic E-state index is 11.6. The Labute approximate surface area is 158 Å². The van der Waals surface area contributed by atoms with E-state index in [0.717, 1.165) is 11.8 Å². The molecule has 2 aromatic carbocycles. The number of sulfone groups is 1. The Bertz CT molecular complexity index is 836. The molecule has 8 heteroatoms. The predicted molar refractivity (Wildman–Crippen MR) is 99.8 cm³/mol. The van der Waals surface area contributed by atoms with Crippen LogP contribution in [0.2, 0.25) is 0 Å². The molecule has 0 bridgehead atoms. The van der Waals surface area contributed by atoms with Crippen molar-refractivity contribution in [2.24, 2.45) is 0 Å². The van der Waals surface area contributed by atoms with Gasteiger partial charge in [-0.2, -0.15) is 0 Å². The van der Waals surface area contributed by atoms with E-state index < -0.39 is 28.1 Å². The van der Waals surface area contributed by atoms with Crippen LogP contribution in [0.5, 0.6) is 0 Å². The molecule has 146 valence electrons. The highest BCUT2D eigenvalue weighted by molar-refractivity contribution is 7.90. The molecule has 0 aliphatic carbocycles. The summed E-state index contributed by atoms with van der Waals surface area (Å²) in [7, 11) is -3.32. The second-order valence-corrected chi connectivity index (χ2v) is 8.15. The summed E-state index contributed by atoms with van der Waals surface area (Å²) < 4.78 is 27.9. The van der Waals surface area contributed by atoms with Crippen molar-refractivity contribution >= 4 is 15.9 Å². The molecule has 0 radical (unpaired) electrons. The van der Waals surface area contributed by atoms with Gasteiger partial charge in [-0.3, -0.25) is 0 Å². The molecular formula is C19H23NO6S. The van der Waals surface area contributed by atoms with Gasteiger partial charge in [0.05, 0.1) is 11.0 Å². The maximum atomic E-state index is 11.6. The van der Waals surface area contributed by atoms with Gasteiger partial charge in [-0.25, -0.2) is 13.2 Å². The van der Waals surface area contributed by atoms with Crippen LogP contribution in [0.25, 0.3) is 0 Å². The summed E-state index contributed by atoms with van der Waals surface area (Å²) in [5, 5.41) is 22.7. The van der Waals surface area contributed by atoms with Crippen LogP contribution in [-0.4, -0.2) is 43.6 Å². The fourth-order valence-electron chi connectivity index (χ4n) is 2.39. The Kier molecular flexibility index (Phi) is 7.35. The van der Waals surface area contributed by atoms with Crippen molar-refractivity contribution in [2.45, 2.75) is 30.1 Å². The molecular weight excluding hydrogens is 370 g/mol. The molecule has 27 heavy (non-hydrogen) atoms. The van der Waals surface area contributed by atoms with Gasteiger partial charge in [-0.05, 0) is 29.7 Å². The van der Waals surface area contributed by atoms with Gasteiger partial charge in [-0.1, -0.05) is 42.5 Å². The number of alkyl carbamates (subject to hydrolysis) is 1. The third-order valence-electron chi connectivity index (χ3n) is 3.94. The highest BCUT2D eigenvalue weighted by Gasteiger charge is 2.19. The van der Waals surface area contributed by atoms with E-state index in [9.17, 15) is 23.4 Å². The zero-order valence-corrected chi connectivity index (χ0v) is 15.7. The van der Waals surface area contributed by atoms with Gasteiger partial charge < -0.3 is 20.3 Å². The summed E-state index contributed by atoms with van der Waals surface area (Å²) in [4.78, 5) is 11.8. The Morgan fingerprint density at radius 3 is 2.30 bits per heavy atom. The van der Waals surface area contributed by atoms with Crippen molar-refractivity contribution in [1.82, 2.24) is 5.32 Å². The second-order valence-electron chi connectivity index (χ2n) is 6.13. The van der Waals surface area contributed by atoms with Gasteiger partial charge in [0.1, 0.15) is 12.7 Å². The van der Waals surface area contributed by atoms with E-state index in [1.165, 1.54) is 24.3 Å². The molecule has 0 spiro atoms. The minimum absolute atomic E-state index is 0.107. The zero-order valence-electron chi connectivity index (χ0n) is 14.9. The first kappa shape index (κ1) is 20.9. The molecule has 0 fully saturated rings. The lowest BCUT2D eigenvalue weighted by Gasteiger charge is -2.18. The molecule has 0 heterocycles. The molecule has 2 aromatic rings. The van der Waals surface area contributed by atoms with E-state index in [2.05, 4.69) is 5.32 Å². The lowest BCUT2D eigenvalue weighted by atomic mass is 10.0. The molecule has 0 saturated carbocycles. The number of carbonyl (C=O) groups is 1. The molecule has 0 saturated heterocycles. The lowest BCUT2D eigenvalue weighted by Crippen LogP contribution is -2.29. The van der Waals surface area contributed by atoms with Crippen LogP contribution in [0.3, 0.4) is 0 Å². The van der Waals surface area contributed by atoms with E-state index in [-0.39, 0.29) is 24.5 Å². The molecule has 2 rings (SSSR count). The van der Waals surface area contributed by atoms with Gasteiger partial charge in [0.2, 0.25) is 0 Å². The number of hydrogen-bond donors (Lipinski definition) is 3. The normalized spacial score (nSPS) is 13.6. The number of amides is 1. The number of ether oxygens (including phenoxy) is 1. The fraction of sp³-hybridized carbons (Fsp3) is 0.316. The van der Waals surface area contributed by atoms with Crippen molar-refractivity contribution in [2.75, 3.05) is 12.8 Å². The summed E-state index contributed by atoms with van der Waals surface area (Å²) in [5.41, 5.74) is 1.25. The van der Waals surface area contributed by atoms with Crippen LogP contribution in [0.1, 0.15) is 23.7 Å². The lowest BCUT2D eigenvalue weighted by molar-refractivity contribution is 0.0136. The largest absolute Gasteiger partial charge is 0.445 e. The summed E-state index contributed by atoms with van der Waals surface area (Å²) in [6, 6.07) is 14.9. The monoisotopic (exact) mass is 393 g/mol. The minimum Gasteiger partial charge on any atom is -0.445 e. The highest BCUT2D eigenvalue weighted by atomic mass is 32.2. The topological polar surface area (TPSA) is 113 Å². The van der Waals surface area contributed by atoms with Gasteiger partial charge >= 0.3 is 6.09 Å². The summed E-state index contributed by atoms with van der Waals surface area (Å²) in [5.74, 6) is 0. The average molecular weight is 393 g/mol. The molecule has 2 atom stereocenters. The molecule has 7 nitrogen and oxygen atoms in total. The number of rotatable bonds is 8. The van der Waals surface area contributed by atoms with Crippen LogP contribution in [-0.2, 0) is 21.2 Å². The summed E-state index contributed by atoms with van der Waals surface area (Å²) in [6.07, 6.45) is -1.73. The van der Waals surface area contributed by atoms with Crippen molar-refractivity contribution in [3.8, 4) is 0 Å². The summed E-state index contributed by atoms with van der Waals surface area (Å²) in [6.45, 7) is 0.262. The van der Waals surface area contributed by atoms with E-state index in [4.69, 9.17) is 4.74 Å². The predicted octanol–water partition coefficient (Wildman–Crippen LogP) is 1.80. The van der Waals surface area contributed by atoms with Crippen molar-refractivity contribution in [3.63, 3.8) is 0 Å². The molecule has 0 aliphatic rings. The van der Waals surface area contributed by atoms with E-state index in [0.29, 0.717) is 5.56 Å². The van der Waals surface area contributed by atoms with Crippen LogP contribution >= 0.6 is 0 Å². The summed E-state index contributed by atoms with van der Waals surface area (Å²) >= 11 is 0. The number of hydrogen-bond acceptors (Lipinski definition) is 6. The van der Waals surface area contributed by atoms with Gasteiger partial charge in [0.15, 0.2) is 9.84 Å². The molecule has 3 N–H and O–H groups in total. The number of aliphatic hydroxyl groups is 2. The van der Waals surface area contributed by atoms with Crippen LogP contribution < -0.4 is 5.32 Å². The third-order valence-corrected chi connectivity index (χ3v) is 5.06. The first-order valence-corrected chi connectivity index (χ1v) is 10.3. The van der Waals surface area contributed by atoms with Crippen LogP contribution in [0.15, 0.2) is 59.5 Å². The Morgan fingerprint density at radius 2 is 1.70 bits per heavy atom. The smallest absolute Gasteiger partial charge is 0.407 e.